The summed E-state index contributed by atoms with van der Waals surface area (Å²) in [7, 11) is 0. The average molecular weight is 283 g/mol. The number of nitrogens with one attached hydrogen (secondary N) is 2. The Morgan fingerprint density at radius 3 is 2.38 bits per heavy atom. The maximum atomic E-state index is 12.2. The lowest BCUT2D eigenvalue weighted by atomic mass is 10.1. The summed E-state index contributed by atoms with van der Waals surface area (Å²) in [6, 6.07) is 12.1. The third-order valence-corrected chi connectivity index (χ3v) is 2.98. The first-order valence-corrected chi connectivity index (χ1v) is 6.51. The van der Waals surface area contributed by atoms with Crippen molar-refractivity contribution in [3.05, 3.63) is 53.6 Å². The van der Waals surface area contributed by atoms with E-state index in [2.05, 4.69) is 10.6 Å². The van der Waals surface area contributed by atoms with E-state index >= 15 is 0 Å². The van der Waals surface area contributed by atoms with Crippen LogP contribution in [0.2, 0.25) is 0 Å². The normalized spacial score (nSPS) is 10.0. The number of carbonyl (C=O) groups excluding carboxylic acids is 2. The van der Waals surface area contributed by atoms with Crippen LogP contribution in [0.25, 0.3) is 0 Å². The minimum atomic E-state index is -0.259. The molecule has 0 fully saturated rings. The van der Waals surface area contributed by atoms with E-state index in [4.69, 9.17) is 5.73 Å². The third kappa shape index (κ3) is 3.82. The molecule has 0 radical (unpaired) electrons. The highest BCUT2D eigenvalue weighted by Gasteiger charge is 2.08. The molecule has 2 aromatic carbocycles. The molecule has 0 aliphatic rings. The SMILES string of the molecule is CC(=O)Nc1cccc(C(=O)Nc2ccc(C)c(N)c2)c1. The Morgan fingerprint density at radius 2 is 1.71 bits per heavy atom. The van der Waals surface area contributed by atoms with Gasteiger partial charge in [0.2, 0.25) is 5.91 Å². The van der Waals surface area contributed by atoms with Gasteiger partial charge in [0, 0.05) is 29.5 Å². The zero-order valence-electron chi connectivity index (χ0n) is 11.9. The Hall–Kier alpha value is -2.82. The molecule has 5 nitrogen and oxygen atoms in total. The Labute approximate surface area is 123 Å². The molecule has 0 saturated carbocycles. The molecule has 0 spiro atoms. The summed E-state index contributed by atoms with van der Waals surface area (Å²) in [4.78, 5) is 23.2. The fraction of sp³-hybridized carbons (Fsp3) is 0.125. The van der Waals surface area contributed by atoms with Gasteiger partial charge in [0.15, 0.2) is 0 Å². The first-order chi connectivity index (χ1) is 9.95. The predicted molar refractivity (Wildman–Crippen MR) is 84.3 cm³/mol. The molecule has 0 atom stereocenters. The highest BCUT2D eigenvalue weighted by atomic mass is 16.2. The van der Waals surface area contributed by atoms with Crippen LogP contribution in [0.3, 0.4) is 0 Å². The van der Waals surface area contributed by atoms with E-state index in [0.717, 1.165) is 5.56 Å². The molecule has 108 valence electrons. The summed E-state index contributed by atoms with van der Waals surface area (Å²) < 4.78 is 0. The molecule has 0 saturated heterocycles. The molecular formula is C16H17N3O2. The van der Waals surface area contributed by atoms with E-state index in [1.165, 1.54) is 6.92 Å². The number of amides is 2. The van der Waals surface area contributed by atoms with Crippen molar-refractivity contribution in [3.63, 3.8) is 0 Å². The van der Waals surface area contributed by atoms with Crippen molar-refractivity contribution >= 4 is 28.9 Å². The second-order valence-electron chi connectivity index (χ2n) is 4.79. The van der Waals surface area contributed by atoms with Crippen molar-refractivity contribution in [1.82, 2.24) is 0 Å². The molecule has 21 heavy (non-hydrogen) atoms. The van der Waals surface area contributed by atoms with Gasteiger partial charge in [-0.15, -0.1) is 0 Å². The lowest BCUT2D eigenvalue weighted by Gasteiger charge is -2.09. The quantitative estimate of drug-likeness (QED) is 0.757. The van der Waals surface area contributed by atoms with Crippen molar-refractivity contribution in [3.8, 4) is 0 Å². The van der Waals surface area contributed by atoms with Crippen molar-refractivity contribution < 1.29 is 9.59 Å². The Kier molecular flexibility index (Phi) is 4.23. The van der Waals surface area contributed by atoms with Crippen LogP contribution in [0.1, 0.15) is 22.8 Å². The van der Waals surface area contributed by atoms with E-state index in [1.807, 2.05) is 13.0 Å². The maximum Gasteiger partial charge on any atom is 0.255 e. The molecular weight excluding hydrogens is 266 g/mol. The van der Waals surface area contributed by atoms with E-state index in [1.54, 1.807) is 36.4 Å². The van der Waals surface area contributed by atoms with Crippen molar-refractivity contribution in [2.75, 3.05) is 16.4 Å². The van der Waals surface area contributed by atoms with Gasteiger partial charge in [-0.2, -0.15) is 0 Å². The number of nitrogen functional groups attached to an aromatic ring is 1. The lowest BCUT2D eigenvalue weighted by Crippen LogP contribution is -2.13. The third-order valence-electron chi connectivity index (χ3n) is 2.98. The fourth-order valence-corrected chi connectivity index (χ4v) is 1.86. The van der Waals surface area contributed by atoms with Gasteiger partial charge in [0.1, 0.15) is 0 Å². The molecule has 2 rings (SSSR count). The molecule has 2 aromatic rings. The van der Waals surface area contributed by atoms with Crippen LogP contribution in [0.5, 0.6) is 0 Å². The Morgan fingerprint density at radius 1 is 1.00 bits per heavy atom. The van der Waals surface area contributed by atoms with Crippen LogP contribution >= 0.6 is 0 Å². The number of rotatable bonds is 3. The van der Waals surface area contributed by atoms with Crippen LogP contribution in [0.4, 0.5) is 17.1 Å². The van der Waals surface area contributed by atoms with E-state index in [-0.39, 0.29) is 11.8 Å². The summed E-state index contributed by atoms with van der Waals surface area (Å²) >= 11 is 0. The molecule has 0 unspecified atom stereocenters. The summed E-state index contributed by atoms with van der Waals surface area (Å²) in [6.45, 7) is 3.32. The first kappa shape index (κ1) is 14.6. The molecule has 0 bridgehead atoms. The molecule has 0 aliphatic heterocycles. The van der Waals surface area contributed by atoms with Gasteiger partial charge in [0.05, 0.1) is 0 Å². The number of hydrogen-bond acceptors (Lipinski definition) is 3. The minimum absolute atomic E-state index is 0.182. The van der Waals surface area contributed by atoms with Gasteiger partial charge in [-0.05, 0) is 42.8 Å². The van der Waals surface area contributed by atoms with Gasteiger partial charge >= 0.3 is 0 Å². The summed E-state index contributed by atoms with van der Waals surface area (Å²) in [5.74, 6) is -0.440. The second-order valence-corrected chi connectivity index (χ2v) is 4.79. The number of benzene rings is 2. The van der Waals surface area contributed by atoms with Crippen molar-refractivity contribution in [1.29, 1.82) is 0 Å². The summed E-state index contributed by atoms with van der Waals surface area (Å²) in [5, 5.41) is 5.42. The number of carbonyl (C=O) groups is 2. The number of nitrogens with two attached hydrogens (primary N) is 1. The van der Waals surface area contributed by atoms with E-state index in [0.29, 0.717) is 22.6 Å². The smallest absolute Gasteiger partial charge is 0.255 e. The zero-order chi connectivity index (χ0) is 15.4. The molecule has 2 amide bonds. The van der Waals surface area contributed by atoms with Crippen molar-refractivity contribution in [2.24, 2.45) is 0 Å². The average Bonchev–Trinajstić information content (AvgIpc) is 2.42. The van der Waals surface area contributed by atoms with Crippen LogP contribution < -0.4 is 16.4 Å². The summed E-state index contributed by atoms with van der Waals surface area (Å²) in [6.07, 6.45) is 0. The van der Waals surface area contributed by atoms with Gasteiger partial charge < -0.3 is 16.4 Å². The summed E-state index contributed by atoms with van der Waals surface area (Å²) in [5.41, 5.74) is 9.07. The van der Waals surface area contributed by atoms with E-state index in [9.17, 15) is 9.59 Å². The molecule has 0 heterocycles. The van der Waals surface area contributed by atoms with Crippen LogP contribution in [-0.4, -0.2) is 11.8 Å². The maximum absolute atomic E-state index is 12.2. The van der Waals surface area contributed by atoms with Crippen LogP contribution in [0.15, 0.2) is 42.5 Å². The van der Waals surface area contributed by atoms with Gasteiger partial charge in [-0.3, -0.25) is 9.59 Å². The minimum Gasteiger partial charge on any atom is -0.398 e. The van der Waals surface area contributed by atoms with Crippen molar-refractivity contribution in [2.45, 2.75) is 13.8 Å². The van der Waals surface area contributed by atoms with Gasteiger partial charge in [-0.1, -0.05) is 12.1 Å². The molecule has 0 aliphatic carbocycles. The largest absolute Gasteiger partial charge is 0.398 e. The van der Waals surface area contributed by atoms with E-state index < -0.39 is 0 Å². The van der Waals surface area contributed by atoms with Gasteiger partial charge in [0.25, 0.3) is 5.91 Å². The Bertz CT molecular complexity index is 696. The number of aryl methyl sites for hydroxylation is 1. The topological polar surface area (TPSA) is 84.2 Å². The monoisotopic (exact) mass is 283 g/mol. The Balaban J connectivity index is 2.16. The first-order valence-electron chi connectivity index (χ1n) is 6.51. The highest BCUT2D eigenvalue weighted by Crippen LogP contribution is 2.18. The molecule has 0 aromatic heterocycles. The molecule has 4 N–H and O–H groups in total. The van der Waals surface area contributed by atoms with Crippen LogP contribution in [-0.2, 0) is 4.79 Å². The second kappa shape index (κ2) is 6.09. The highest BCUT2D eigenvalue weighted by molar-refractivity contribution is 6.05. The number of anilines is 3. The lowest BCUT2D eigenvalue weighted by molar-refractivity contribution is -0.114. The fourth-order valence-electron chi connectivity index (χ4n) is 1.86. The standard InChI is InChI=1S/C16H17N3O2/c1-10-6-7-14(9-15(10)17)19-16(21)12-4-3-5-13(8-12)18-11(2)20/h3-9H,17H2,1-2H3,(H,18,20)(H,19,21). The molecule has 5 heteroatoms. The zero-order valence-corrected chi connectivity index (χ0v) is 11.9. The van der Waals surface area contributed by atoms with Crippen LogP contribution in [0, 0.1) is 6.92 Å². The number of hydrogen-bond donors (Lipinski definition) is 3. The van der Waals surface area contributed by atoms with Gasteiger partial charge in [-0.25, -0.2) is 0 Å². The predicted octanol–water partition coefficient (Wildman–Crippen LogP) is 2.79.